The van der Waals surface area contributed by atoms with Crippen LogP contribution in [0.15, 0.2) is 11.4 Å². The Hall–Kier alpha value is -2.15. The number of aryl methyl sites for hydroxylation is 2. The van der Waals surface area contributed by atoms with E-state index in [0.717, 1.165) is 52.3 Å². The summed E-state index contributed by atoms with van der Waals surface area (Å²) in [5, 5.41) is 7.63. The van der Waals surface area contributed by atoms with Gasteiger partial charge in [0.05, 0.1) is 11.9 Å². The molecule has 6 nitrogen and oxygen atoms in total. The fraction of sp³-hybridized carbons (Fsp3) is 0.438. The molecular weight excluding hydrogens is 308 g/mol. The minimum Gasteiger partial charge on any atom is -0.363 e. The van der Waals surface area contributed by atoms with Crippen molar-refractivity contribution in [1.29, 1.82) is 0 Å². The predicted molar refractivity (Wildman–Crippen MR) is 94.3 cm³/mol. The monoisotopic (exact) mass is 328 g/mol. The van der Waals surface area contributed by atoms with Gasteiger partial charge in [-0.25, -0.2) is 4.98 Å². The van der Waals surface area contributed by atoms with Crippen LogP contribution in [-0.4, -0.2) is 33.0 Å². The zero-order chi connectivity index (χ0) is 15.8. The van der Waals surface area contributed by atoms with Crippen LogP contribution in [0.2, 0.25) is 0 Å². The normalized spacial score (nSPS) is 14.8. The van der Waals surface area contributed by atoms with E-state index in [2.05, 4.69) is 31.6 Å². The average molecular weight is 328 g/mol. The Morgan fingerprint density at radius 3 is 2.78 bits per heavy atom. The van der Waals surface area contributed by atoms with E-state index in [1.165, 1.54) is 12.8 Å². The fourth-order valence-electron chi connectivity index (χ4n) is 2.97. The summed E-state index contributed by atoms with van der Waals surface area (Å²) in [6, 6.07) is 2.10. The molecule has 0 radical (unpaired) electrons. The second-order valence-electron chi connectivity index (χ2n) is 6.02. The molecule has 3 aromatic heterocycles. The van der Waals surface area contributed by atoms with Gasteiger partial charge in [-0.2, -0.15) is 9.97 Å². The first-order valence-corrected chi connectivity index (χ1v) is 8.84. The van der Waals surface area contributed by atoms with E-state index in [1.54, 1.807) is 11.3 Å². The molecule has 120 valence electrons. The molecule has 0 spiro atoms. The Balaban J connectivity index is 1.67. The Kier molecular flexibility index (Phi) is 3.65. The molecule has 23 heavy (non-hydrogen) atoms. The smallest absolute Gasteiger partial charge is 0.229 e. The Labute approximate surface area is 139 Å². The molecule has 0 atom stereocenters. The van der Waals surface area contributed by atoms with Crippen molar-refractivity contribution in [1.82, 2.24) is 19.9 Å². The molecule has 1 fully saturated rings. The van der Waals surface area contributed by atoms with E-state index in [0.29, 0.717) is 6.54 Å². The van der Waals surface area contributed by atoms with Crippen molar-refractivity contribution in [3.05, 3.63) is 27.8 Å². The number of aromatic nitrogens is 4. The zero-order valence-electron chi connectivity index (χ0n) is 13.4. The topological polar surface area (TPSA) is 69.7 Å². The summed E-state index contributed by atoms with van der Waals surface area (Å²) in [5.41, 5.74) is 3.06. The molecule has 0 aliphatic carbocycles. The van der Waals surface area contributed by atoms with Gasteiger partial charge in [0.25, 0.3) is 0 Å². The van der Waals surface area contributed by atoms with Gasteiger partial charge in [-0.3, -0.25) is 0 Å². The van der Waals surface area contributed by atoms with Crippen LogP contribution in [0.1, 0.15) is 29.2 Å². The number of H-pyrrole nitrogens is 1. The van der Waals surface area contributed by atoms with Crippen LogP contribution in [0.5, 0.6) is 0 Å². The van der Waals surface area contributed by atoms with Crippen LogP contribution >= 0.6 is 11.3 Å². The summed E-state index contributed by atoms with van der Waals surface area (Å²) in [7, 11) is 0. The SMILES string of the molecule is Cc1csc(CNc2nc(N3CCCC3)nc3[nH]c(C)cc23)n1. The van der Waals surface area contributed by atoms with Crippen molar-refractivity contribution < 1.29 is 0 Å². The minimum atomic E-state index is 0.689. The van der Waals surface area contributed by atoms with E-state index in [1.807, 2.05) is 13.8 Å². The maximum absolute atomic E-state index is 4.78. The second-order valence-corrected chi connectivity index (χ2v) is 6.96. The van der Waals surface area contributed by atoms with Crippen molar-refractivity contribution in [2.75, 3.05) is 23.3 Å². The van der Waals surface area contributed by atoms with Crippen LogP contribution in [-0.2, 0) is 6.54 Å². The summed E-state index contributed by atoms with van der Waals surface area (Å²) >= 11 is 1.67. The van der Waals surface area contributed by atoms with E-state index < -0.39 is 0 Å². The number of rotatable bonds is 4. The third kappa shape index (κ3) is 2.88. The highest BCUT2D eigenvalue weighted by atomic mass is 32.1. The molecule has 0 unspecified atom stereocenters. The summed E-state index contributed by atoms with van der Waals surface area (Å²) in [6.45, 7) is 6.83. The highest BCUT2D eigenvalue weighted by molar-refractivity contribution is 7.09. The lowest BCUT2D eigenvalue weighted by atomic mass is 10.3. The fourth-order valence-corrected chi connectivity index (χ4v) is 3.68. The maximum Gasteiger partial charge on any atom is 0.229 e. The highest BCUT2D eigenvalue weighted by Gasteiger charge is 2.18. The second kappa shape index (κ2) is 5.81. The Bertz CT molecular complexity index is 830. The average Bonchev–Trinajstić information content (AvgIpc) is 3.24. The standard InChI is InChI=1S/C16H20N6S/c1-10-7-12-14(17-8-13-18-11(2)9-23-13)20-16(21-15(12)19-10)22-5-3-4-6-22/h7,9H,3-6,8H2,1-2H3,(H2,17,19,20,21). The number of nitrogens with one attached hydrogen (secondary N) is 2. The van der Waals surface area contributed by atoms with Gasteiger partial charge in [0, 0.05) is 29.9 Å². The van der Waals surface area contributed by atoms with E-state index in [9.17, 15) is 0 Å². The van der Waals surface area contributed by atoms with Crippen LogP contribution in [0.25, 0.3) is 11.0 Å². The first-order valence-electron chi connectivity index (χ1n) is 7.96. The first-order chi connectivity index (χ1) is 11.2. The van der Waals surface area contributed by atoms with Crippen molar-refractivity contribution >= 4 is 34.1 Å². The molecule has 0 saturated carbocycles. The number of hydrogen-bond acceptors (Lipinski definition) is 6. The van der Waals surface area contributed by atoms with E-state index >= 15 is 0 Å². The molecule has 7 heteroatoms. The van der Waals surface area contributed by atoms with Crippen LogP contribution in [0.3, 0.4) is 0 Å². The largest absolute Gasteiger partial charge is 0.363 e. The molecule has 1 aliphatic rings. The number of fused-ring (bicyclic) bond motifs is 1. The van der Waals surface area contributed by atoms with Crippen molar-refractivity contribution in [3.8, 4) is 0 Å². The van der Waals surface area contributed by atoms with Gasteiger partial charge in [-0.15, -0.1) is 11.3 Å². The maximum atomic E-state index is 4.78. The Morgan fingerprint density at radius 1 is 1.22 bits per heavy atom. The van der Waals surface area contributed by atoms with Crippen LogP contribution in [0, 0.1) is 13.8 Å². The summed E-state index contributed by atoms with van der Waals surface area (Å²) in [5.74, 6) is 1.70. The number of anilines is 2. The van der Waals surface area contributed by atoms with Gasteiger partial charge in [-0.1, -0.05) is 0 Å². The lowest BCUT2D eigenvalue weighted by Gasteiger charge is -2.16. The van der Waals surface area contributed by atoms with Crippen LogP contribution < -0.4 is 10.2 Å². The van der Waals surface area contributed by atoms with Crippen molar-refractivity contribution in [3.63, 3.8) is 0 Å². The molecular formula is C16H20N6S. The minimum absolute atomic E-state index is 0.689. The summed E-state index contributed by atoms with van der Waals surface area (Å²) < 4.78 is 0. The lowest BCUT2D eigenvalue weighted by Crippen LogP contribution is -2.21. The summed E-state index contributed by atoms with van der Waals surface area (Å²) in [4.78, 5) is 19.6. The quantitative estimate of drug-likeness (QED) is 0.769. The molecule has 0 amide bonds. The van der Waals surface area contributed by atoms with Gasteiger partial charge in [0.2, 0.25) is 5.95 Å². The van der Waals surface area contributed by atoms with Gasteiger partial charge < -0.3 is 15.2 Å². The molecule has 1 aliphatic heterocycles. The van der Waals surface area contributed by atoms with E-state index in [-0.39, 0.29) is 0 Å². The zero-order valence-corrected chi connectivity index (χ0v) is 14.2. The van der Waals surface area contributed by atoms with Gasteiger partial charge in [-0.05, 0) is 32.8 Å². The third-order valence-corrected chi connectivity index (χ3v) is 5.04. The van der Waals surface area contributed by atoms with Gasteiger partial charge in [0.1, 0.15) is 16.5 Å². The van der Waals surface area contributed by atoms with Crippen LogP contribution in [0.4, 0.5) is 11.8 Å². The molecule has 3 aromatic rings. The molecule has 4 heterocycles. The lowest BCUT2D eigenvalue weighted by molar-refractivity contribution is 0.903. The number of thiazole rings is 1. The number of nitrogens with zero attached hydrogens (tertiary/aromatic N) is 4. The van der Waals surface area contributed by atoms with Crippen molar-refractivity contribution in [2.24, 2.45) is 0 Å². The molecule has 1 saturated heterocycles. The van der Waals surface area contributed by atoms with Gasteiger partial charge >= 0.3 is 0 Å². The Morgan fingerprint density at radius 2 is 2.04 bits per heavy atom. The molecule has 0 aromatic carbocycles. The molecule has 4 rings (SSSR count). The summed E-state index contributed by atoms with van der Waals surface area (Å²) in [6.07, 6.45) is 2.43. The predicted octanol–water partition coefficient (Wildman–Crippen LogP) is 3.24. The van der Waals surface area contributed by atoms with Crippen molar-refractivity contribution in [2.45, 2.75) is 33.2 Å². The molecule has 2 N–H and O–H groups in total. The number of aromatic amines is 1. The van der Waals surface area contributed by atoms with Gasteiger partial charge in [0.15, 0.2) is 0 Å². The highest BCUT2D eigenvalue weighted by Crippen LogP contribution is 2.26. The third-order valence-electron chi connectivity index (χ3n) is 4.07. The van der Waals surface area contributed by atoms with E-state index in [4.69, 9.17) is 9.97 Å². The molecule has 0 bridgehead atoms. The first kappa shape index (κ1) is 14.4. The number of hydrogen-bond donors (Lipinski definition) is 2.